The summed E-state index contributed by atoms with van der Waals surface area (Å²) in [5.74, 6) is -1.17. The predicted octanol–water partition coefficient (Wildman–Crippen LogP) is 2.64. The zero-order valence-corrected chi connectivity index (χ0v) is 15.3. The molecule has 4 rings (SSSR count). The van der Waals surface area contributed by atoms with Crippen LogP contribution in [0.5, 0.6) is 0 Å². The molecular formula is C20H14N4O6. The maximum Gasteiger partial charge on any atom is 0.331 e. The number of hydrogen-bond donors (Lipinski definition) is 1. The molecule has 1 saturated heterocycles. The fourth-order valence-electron chi connectivity index (χ4n) is 3.03. The SMILES string of the molecule is O=C1NC(=O)N(Cc2ccco2)C(=O)C1=Cc1cccn1-c1ccc([N+](=O)[O-])cc1. The van der Waals surface area contributed by atoms with Crippen LogP contribution in [0.3, 0.4) is 0 Å². The highest BCUT2D eigenvalue weighted by molar-refractivity contribution is 6.30. The standard InChI is InChI=1S/C20H14N4O6/c25-18-17(19(26)23(20(27)21-18)12-16-4-2-10-30-16)11-15-3-1-9-22(15)13-5-7-14(8-6-13)24(28)29/h1-11H,12H2,(H,21,25,27). The Bertz CT molecular complexity index is 1170. The molecule has 1 N–H and O–H groups in total. The molecule has 1 aromatic carbocycles. The van der Waals surface area contributed by atoms with Crippen molar-refractivity contribution >= 4 is 29.6 Å². The number of barbiturate groups is 1. The third kappa shape index (κ3) is 3.49. The summed E-state index contributed by atoms with van der Waals surface area (Å²) in [5, 5.41) is 13.0. The van der Waals surface area contributed by atoms with E-state index in [4.69, 9.17) is 4.42 Å². The van der Waals surface area contributed by atoms with Crippen LogP contribution in [0.25, 0.3) is 11.8 Å². The van der Waals surface area contributed by atoms with Gasteiger partial charge in [-0.3, -0.25) is 29.9 Å². The lowest BCUT2D eigenvalue weighted by molar-refractivity contribution is -0.384. The minimum atomic E-state index is -0.829. The molecule has 0 aliphatic carbocycles. The van der Waals surface area contributed by atoms with Gasteiger partial charge in [0.25, 0.3) is 17.5 Å². The van der Waals surface area contributed by atoms with Gasteiger partial charge in [-0.2, -0.15) is 0 Å². The molecule has 150 valence electrons. The van der Waals surface area contributed by atoms with Crippen molar-refractivity contribution in [2.75, 3.05) is 0 Å². The van der Waals surface area contributed by atoms with Crippen molar-refractivity contribution in [3.05, 3.63) is 88.1 Å². The number of carbonyl (C=O) groups excluding carboxylic acids is 3. The Morgan fingerprint density at radius 2 is 1.83 bits per heavy atom. The normalized spacial score (nSPS) is 15.5. The summed E-state index contributed by atoms with van der Waals surface area (Å²) in [7, 11) is 0. The number of furan rings is 1. The average Bonchev–Trinajstić information content (AvgIpc) is 3.40. The van der Waals surface area contributed by atoms with Gasteiger partial charge in [0.2, 0.25) is 0 Å². The van der Waals surface area contributed by atoms with E-state index < -0.39 is 22.8 Å². The molecule has 10 heteroatoms. The number of nitrogens with one attached hydrogen (secondary N) is 1. The summed E-state index contributed by atoms with van der Waals surface area (Å²) in [6.07, 6.45) is 4.46. The highest BCUT2D eigenvalue weighted by Crippen LogP contribution is 2.21. The number of nitrogens with zero attached hydrogens (tertiary/aromatic N) is 3. The molecule has 0 spiro atoms. The fourth-order valence-corrected chi connectivity index (χ4v) is 3.03. The number of benzene rings is 1. The second-order valence-electron chi connectivity index (χ2n) is 6.36. The molecule has 0 atom stereocenters. The molecule has 10 nitrogen and oxygen atoms in total. The summed E-state index contributed by atoms with van der Waals surface area (Å²) in [5.41, 5.74) is 0.807. The van der Waals surface area contributed by atoms with Crippen molar-refractivity contribution in [3.8, 4) is 5.69 Å². The van der Waals surface area contributed by atoms with E-state index in [1.165, 1.54) is 24.5 Å². The highest BCUT2D eigenvalue weighted by Gasteiger charge is 2.36. The van der Waals surface area contributed by atoms with Crippen LogP contribution < -0.4 is 5.32 Å². The summed E-state index contributed by atoms with van der Waals surface area (Å²) in [6, 6.07) is 11.6. The van der Waals surface area contributed by atoms with Crippen molar-refractivity contribution in [2.24, 2.45) is 0 Å². The van der Waals surface area contributed by atoms with Crippen molar-refractivity contribution in [1.29, 1.82) is 0 Å². The molecule has 3 aromatic rings. The van der Waals surface area contributed by atoms with Gasteiger partial charge < -0.3 is 8.98 Å². The maximum atomic E-state index is 12.8. The number of imide groups is 2. The van der Waals surface area contributed by atoms with Gasteiger partial charge >= 0.3 is 6.03 Å². The molecule has 4 amide bonds. The van der Waals surface area contributed by atoms with Crippen molar-refractivity contribution in [2.45, 2.75) is 6.54 Å². The fraction of sp³-hybridized carbons (Fsp3) is 0.0500. The second-order valence-corrected chi connectivity index (χ2v) is 6.36. The molecule has 1 aliphatic rings. The van der Waals surface area contributed by atoms with Crippen LogP contribution in [-0.2, 0) is 16.1 Å². The lowest BCUT2D eigenvalue weighted by atomic mass is 10.1. The van der Waals surface area contributed by atoms with Crippen LogP contribution in [0.1, 0.15) is 11.5 Å². The van der Waals surface area contributed by atoms with Gasteiger partial charge in [0.05, 0.1) is 17.7 Å². The first-order valence-electron chi connectivity index (χ1n) is 8.77. The maximum absolute atomic E-state index is 12.8. The Hall–Kier alpha value is -4.47. The first-order chi connectivity index (χ1) is 14.4. The number of rotatable bonds is 5. The number of hydrogen-bond acceptors (Lipinski definition) is 6. The summed E-state index contributed by atoms with van der Waals surface area (Å²) in [4.78, 5) is 48.4. The molecule has 0 saturated carbocycles. The van der Waals surface area contributed by atoms with Gasteiger partial charge in [-0.25, -0.2) is 4.79 Å². The number of aromatic nitrogens is 1. The molecule has 0 radical (unpaired) electrons. The van der Waals surface area contributed by atoms with Crippen LogP contribution in [0.15, 0.2) is 71.0 Å². The molecule has 0 unspecified atom stereocenters. The quantitative estimate of drug-likeness (QED) is 0.300. The van der Waals surface area contributed by atoms with E-state index >= 15 is 0 Å². The molecule has 0 bridgehead atoms. The Kier molecular flexibility index (Phi) is 4.72. The van der Waals surface area contributed by atoms with Gasteiger partial charge in [0.15, 0.2) is 0 Å². The van der Waals surface area contributed by atoms with E-state index in [1.54, 1.807) is 47.2 Å². The van der Waals surface area contributed by atoms with Crippen LogP contribution in [0.4, 0.5) is 10.5 Å². The zero-order chi connectivity index (χ0) is 21.3. The molecule has 1 fully saturated rings. The highest BCUT2D eigenvalue weighted by atomic mass is 16.6. The van der Waals surface area contributed by atoms with Gasteiger partial charge in [-0.15, -0.1) is 0 Å². The van der Waals surface area contributed by atoms with Crippen LogP contribution in [0, 0.1) is 10.1 Å². The van der Waals surface area contributed by atoms with E-state index in [0.29, 0.717) is 17.1 Å². The van der Waals surface area contributed by atoms with Crippen LogP contribution in [0.2, 0.25) is 0 Å². The lowest BCUT2D eigenvalue weighted by Crippen LogP contribution is -2.53. The van der Waals surface area contributed by atoms with Crippen LogP contribution >= 0.6 is 0 Å². The average molecular weight is 406 g/mol. The molecule has 1 aliphatic heterocycles. The van der Waals surface area contributed by atoms with E-state index in [-0.39, 0.29) is 17.8 Å². The summed E-state index contributed by atoms with van der Waals surface area (Å²) < 4.78 is 6.83. The summed E-state index contributed by atoms with van der Waals surface area (Å²) >= 11 is 0. The first-order valence-corrected chi connectivity index (χ1v) is 8.77. The lowest BCUT2D eigenvalue weighted by Gasteiger charge is -2.25. The number of nitro benzene ring substituents is 1. The topological polar surface area (TPSA) is 128 Å². The monoisotopic (exact) mass is 406 g/mol. The third-order valence-corrected chi connectivity index (χ3v) is 4.49. The van der Waals surface area contributed by atoms with Gasteiger partial charge in [0, 0.05) is 29.7 Å². The minimum absolute atomic E-state index is 0.0558. The van der Waals surface area contributed by atoms with Gasteiger partial charge in [-0.1, -0.05) is 0 Å². The minimum Gasteiger partial charge on any atom is -0.467 e. The number of nitro groups is 1. The van der Waals surface area contributed by atoms with Gasteiger partial charge in [0.1, 0.15) is 11.3 Å². The Balaban J connectivity index is 1.66. The van der Waals surface area contributed by atoms with Crippen LogP contribution in [-0.4, -0.2) is 32.2 Å². The molecule has 3 heterocycles. The first kappa shape index (κ1) is 18.9. The molecule has 2 aromatic heterocycles. The van der Waals surface area contributed by atoms with E-state index in [0.717, 1.165) is 4.90 Å². The third-order valence-electron chi connectivity index (χ3n) is 4.49. The van der Waals surface area contributed by atoms with Crippen molar-refractivity contribution in [3.63, 3.8) is 0 Å². The zero-order valence-electron chi connectivity index (χ0n) is 15.3. The number of carbonyl (C=O) groups is 3. The molecular weight excluding hydrogens is 392 g/mol. The number of amides is 4. The summed E-state index contributed by atoms with van der Waals surface area (Å²) in [6.45, 7) is -0.119. The predicted molar refractivity (Wildman–Crippen MR) is 103 cm³/mol. The number of urea groups is 1. The van der Waals surface area contributed by atoms with E-state index in [9.17, 15) is 24.5 Å². The smallest absolute Gasteiger partial charge is 0.331 e. The van der Waals surface area contributed by atoms with Crippen molar-refractivity contribution < 1.29 is 23.7 Å². The Labute approximate surface area is 169 Å². The van der Waals surface area contributed by atoms with E-state index in [2.05, 4.69) is 5.32 Å². The largest absolute Gasteiger partial charge is 0.467 e. The van der Waals surface area contributed by atoms with E-state index in [1.807, 2.05) is 0 Å². The van der Waals surface area contributed by atoms with Crippen molar-refractivity contribution in [1.82, 2.24) is 14.8 Å². The Morgan fingerprint density at radius 3 is 2.50 bits per heavy atom. The molecule has 30 heavy (non-hydrogen) atoms. The Morgan fingerprint density at radius 1 is 1.07 bits per heavy atom. The van der Waals surface area contributed by atoms with Gasteiger partial charge in [-0.05, 0) is 42.5 Å². The number of non-ortho nitro benzene ring substituents is 1. The second kappa shape index (κ2) is 7.51.